The van der Waals surface area contributed by atoms with Crippen LogP contribution in [0.15, 0.2) is 60.3 Å². The lowest BCUT2D eigenvalue weighted by atomic mass is 10.1. The van der Waals surface area contributed by atoms with Gasteiger partial charge in [-0.1, -0.05) is 35.3 Å². The molecule has 0 aromatic carbocycles. The Balaban J connectivity index is 0.000000397. The second kappa shape index (κ2) is 15.4. The molecule has 0 saturated carbocycles. The predicted molar refractivity (Wildman–Crippen MR) is 139 cm³/mol. The van der Waals surface area contributed by atoms with Crippen LogP contribution in [-0.2, 0) is 22.4 Å². The van der Waals surface area contributed by atoms with Crippen molar-refractivity contribution >= 4 is 29.2 Å². The van der Waals surface area contributed by atoms with E-state index in [1.54, 1.807) is 51.2 Å². The molecule has 200 valence electrons. The third-order valence-electron chi connectivity index (χ3n) is 4.02. The van der Waals surface area contributed by atoms with Crippen LogP contribution in [0.4, 0.5) is 0 Å². The third-order valence-corrected chi connectivity index (χ3v) is 4.47. The fraction of sp³-hybridized carbons (Fsp3) is 0.348. The Kier molecular flexibility index (Phi) is 13.0. The average molecular weight is 555 g/mol. The van der Waals surface area contributed by atoms with Gasteiger partial charge in [-0.2, -0.15) is 0 Å². The number of nitrogens with zero attached hydrogens (tertiary/aromatic N) is 4. The largest absolute Gasteiger partial charge is 0.459 e. The Hall–Kier alpha value is -3.77. The number of nitrogens with two attached hydrogens (primary N) is 1. The molecule has 0 radical (unpaired) electrons. The molecular weight excluding hydrogens is 527 g/mol. The topological polar surface area (TPSA) is 176 Å². The number of ether oxygens (including phenoxy) is 1. The first-order chi connectivity index (χ1) is 17.2. The lowest BCUT2D eigenvalue weighted by Crippen LogP contribution is -2.31. The van der Waals surface area contributed by atoms with Gasteiger partial charge in [-0.15, -0.1) is 0 Å². The molecule has 0 spiro atoms. The monoisotopic (exact) mass is 554 g/mol. The fourth-order valence-corrected chi connectivity index (χ4v) is 2.81. The van der Waals surface area contributed by atoms with Crippen LogP contribution in [-0.4, -0.2) is 44.5 Å². The number of hydrogen-bond donors (Lipinski definition) is 2. The zero-order chi connectivity index (χ0) is 28.0. The van der Waals surface area contributed by atoms with Gasteiger partial charge in [0.25, 0.3) is 6.20 Å². The molecule has 0 fully saturated rings. The van der Waals surface area contributed by atoms with Crippen LogP contribution < -0.4 is 11.1 Å². The number of pyridine rings is 2. The highest BCUT2D eigenvalue weighted by atomic mass is 35.5. The van der Waals surface area contributed by atoms with Gasteiger partial charge in [-0.25, -0.2) is 9.97 Å². The number of allylic oxidation sites excluding steroid dienone is 2. The molecule has 37 heavy (non-hydrogen) atoms. The maximum Gasteiger partial charge on any atom is 0.325 e. The number of halogens is 2. The Morgan fingerprint density at radius 1 is 1.05 bits per heavy atom. The van der Waals surface area contributed by atoms with Crippen LogP contribution in [0.2, 0.25) is 10.3 Å². The minimum absolute atomic E-state index is 0.155. The fourth-order valence-electron chi connectivity index (χ4n) is 2.59. The van der Waals surface area contributed by atoms with Gasteiger partial charge in [0.1, 0.15) is 22.5 Å². The zero-order valence-corrected chi connectivity index (χ0v) is 22.0. The highest BCUT2D eigenvalue weighted by Crippen LogP contribution is 2.10. The second-order valence-electron chi connectivity index (χ2n) is 8.51. The van der Waals surface area contributed by atoms with Crippen LogP contribution in [0.5, 0.6) is 0 Å². The lowest BCUT2D eigenvalue weighted by molar-refractivity contribution is -0.468. The van der Waals surface area contributed by atoms with E-state index >= 15 is 0 Å². The number of nitrogens with one attached hydrogen (secondary N) is 1. The van der Waals surface area contributed by atoms with E-state index in [1.807, 2.05) is 0 Å². The number of carbonyl (C=O) groups is 1. The first-order valence-electron chi connectivity index (χ1n) is 10.8. The molecule has 12 nitrogen and oxygen atoms in total. The maximum absolute atomic E-state index is 11.6. The number of esters is 1. The van der Waals surface area contributed by atoms with Crippen molar-refractivity contribution in [3.05, 3.63) is 102 Å². The lowest BCUT2D eigenvalue weighted by Gasteiger charge is -2.20. The smallest absolute Gasteiger partial charge is 0.325 e. The molecule has 0 unspecified atom stereocenters. The first kappa shape index (κ1) is 31.3. The summed E-state index contributed by atoms with van der Waals surface area (Å²) in [6, 6.07) is 6.73. The maximum atomic E-state index is 11.6. The molecule has 0 aliphatic heterocycles. The van der Waals surface area contributed by atoms with Crippen molar-refractivity contribution in [2.45, 2.75) is 39.2 Å². The summed E-state index contributed by atoms with van der Waals surface area (Å²) in [5.74, 6) is -0.490. The number of nitro groups is 2. The van der Waals surface area contributed by atoms with Gasteiger partial charge in [0.2, 0.25) is 6.54 Å². The van der Waals surface area contributed by atoms with Gasteiger partial charge in [0.15, 0.2) is 0 Å². The molecule has 0 amide bonds. The van der Waals surface area contributed by atoms with E-state index in [-0.39, 0.29) is 25.2 Å². The van der Waals surface area contributed by atoms with Crippen molar-refractivity contribution in [3.8, 4) is 0 Å². The van der Waals surface area contributed by atoms with Crippen LogP contribution in [0.25, 0.3) is 0 Å². The van der Waals surface area contributed by atoms with Gasteiger partial charge in [0.05, 0.1) is 10.6 Å². The molecule has 3 N–H and O–H groups in total. The number of carbonyl (C=O) groups excluding carboxylic acids is 1. The summed E-state index contributed by atoms with van der Waals surface area (Å²) in [5, 5.41) is 24.2. The Bertz CT molecular complexity index is 1120. The Labute approximate surface area is 223 Å². The Morgan fingerprint density at radius 3 is 2.03 bits per heavy atom. The summed E-state index contributed by atoms with van der Waals surface area (Å²) < 4.78 is 5.13. The van der Waals surface area contributed by atoms with Gasteiger partial charge in [-0.3, -0.25) is 25.0 Å². The van der Waals surface area contributed by atoms with E-state index in [1.165, 1.54) is 12.3 Å². The summed E-state index contributed by atoms with van der Waals surface area (Å²) in [6.07, 6.45) is 5.99. The predicted octanol–water partition coefficient (Wildman–Crippen LogP) is 3.72. The van der Waals surface area contributed by atoms with Crippen LogP contribution in [0.3, 0.4) is 0 Å². The van der Waals surface area contributed by atoms with Gasteiger partial charge in [-0.05, 0) is 44.0 Å². The molecule has 2 aromatic rings. The molecule has 0 saturated heterocycles. The SMILES string of the molecule is CC(C)(C)OC(=O)CN/C(=C\[N+](=O)[O-])Cc1ccc(Cl)nc1.N/C(=C\C[N+](=O)[O-])Cc1ccc(Cl)nc1. The van der Waals surface area contributed by atoms with E-state index in [2.05, 4.69) is 15.3 Å². The number of hydrogen-bond acceptors (Lipinski definition) is 10. The van der Waals surface area contributed by atoms with Crippen LogP contribution in [0, 0.1) is 20.2 Å². The van der Waals surface area contributed by atoms with E-state index in [9.17, 15) is 25.0 Å². The highest BCUT2D eigenvalue weighted by molar-refractivity contribution is 6.29. The van der Waals surface area contributed by atoms with Crippen LogP contribution >= 0.6 is 23.2 Å². The van der Waals surface area contributed by atoms with E-state index in [0.717, 1.165) is 17.3 Å². The molecule has 0 atom stereocenters. The standard InChI is InChI=1S/C14H18ClN3O4.C9H10ClN3O2/c1-14(2,3)22-13(19)8-16-11(9-18(20)21)6-10-4-5-12(15)17-7-10;10-9-2-1-7(6-12-9)5-8(11)3-4-13(14)15/h4-5,7,9,16H,6,8H2,1-3H3;1-3,6H,4-5,11H2/b11-9-;8-3-. The summed E-state index contributed by atoms with van der Waals surface area (Å²) in [7, 11) is 0. The highest BCUT2D eigenvalue weighted by Gasteiger charge is 2.16. The molecule has 2 heterocycles. The van der Waals surface area contributed by atoms with Crippen molar-refractivity contribution in [1.29, 1.82) is 0 Å². The third kappa shape index (κ3) is 15.8. The van der Waals surface area contributed by atoms with Gasteiger partial charge in [0, 0.05) is 41.9 Å². The minimum Gasteiger partial charge on any atom is -0.459 e. The minimum atomic E-state index is -0.605. The van der Waals surface area contributed by atoms with Crippen molar-refractivity contribution in [2.75, 3.05) is 13.1 Å². The zero-order valence-electron chi connectivity index (χ0n) is 20.5. The summed E-state index contributed by atoms with van der Waals surface area (Å²) in [4.78, 5) is 39.1. The molecule has 2 rings (SSSR count). The van der Waals surface area contributed by atoms with Gasteiger partial charge >= 0.3 is 5.97 Å². The summed E-state index contributed by atoms with van der Waals surface area (Å²) in [5.41, 5.74) is 7.32. The van der Waals surface area contributed by atoms with Gasteiger partial charge < -0.3 is 15.8 Å². The Morgan fingerprint density at radius 2 is 1.59 bits per heavy atom. The molecule has 0 aliphatic carbocycles. The molecule has 0 aliphatic rings. The van der Waals surface area contributed by atoms with Crippen molar-refractivity contribution in [3.63, 3.8) is 0 Å². The molecule has 0 bridgehead atoms. The average Bonchev–Trinajstić information content (AvgIpc) is 2.78. The first-order valence-corrected chi connectivity index (χ1v) is 11.6. The van der Waals surface area contributed by atoms with E-state index in [4.69, 9.17) is 33.7 Å². The molecular formula is C23H28Cl2N6O6. The normalized spacial score (nSPS) is 11.7. The summed E-state index contributed by atoms with van der Waals surface area (Å²) in [6.45, 7) is 4.83. The number of rotatable bonds is 10. The van der Waals surface area contributed by atoms with Crippen molar-refractivity contribution in [1.82, 2.24) is 15.3 Å². The van der Waals surface area contributed by atoms with Crippen molar-refractivity contribution in [2.24, 2.45) is 5.73 Å². The number of aromatic nitrogens is 2. The quantitative estimate of drug-likeness (QED) is 0.190. The van der Waals surface area contributed by atoms with Crippen LogP contribution in [0.1, 0.15) is 31.9 Å². The molecule has 14 heteroatoms. The van der Waals surface area contributed by atoms with E-state index < -0.39 is 21.4 Å². The van der Waals surface area contributed by atoms with Crippen molar-refractivity contribution < 1.29 is 19.4 Å². The van der Waals surface area contributed by atoms with E-state index in [0.29, 0.717) is 22.4 Å². The molecule has 2 aromatic heterocycles. The summed E-state index contributed by atoms with van der Waals surface area (Å²) >= 11 is 11.3. The second-order valence-corrected chi connectivity index (χ2v) is 9.28.